The van der Waals surface area contributed by atoms with E-state index in [1.807, 2.05) is 32.9 Å². The second kappa shape index (κ2) is 8.06. The molecule has 0 aliphatic heterocycles. The summed E-state index contributed by atoms with van der Waals surface area (Å²) in [6.07, 6.45) is 4.14. The van der Waals surface area contributed by atoms with Gasteiger partial charge in [0.15, 0.2) is 5.76 Å². The quantitative estimate of drug-likeness (QED) is 0.644. The highest BCUT2D eigenvalue weighted by molar-refractivity contribution is 6.06. The van der Waals surface area contributed by atoms with Gasteiger partial charge >= 0.3 is 0 Å². The molecular weight excluding hydrogens is 394 g/mol. The first kappa shape index (κ1) is 20.9. The molecule has 1 aliphatic carbocycles. The summed E-state index contributed by atoms with van der Waals surface area (Å²) in [7, 11) is 3.39. The van der Waals surface area contributed by atoms with Gasteiger partial charge in [-0.05, 0) is 44.7 Å². The average Bonchev–Trinajstić information content (AvgIpc) is 3.30. The molecule has 1 aromatic carbocycles. The second-order valence-electron chi connectivity index (χ2n) is 8.32. The Hall–Kier alpha value is -3.35. The molecule has 2 heterocycles. The van der Waals surface area contributed by atoms with Crippen molar-refractivity contribution in [1.29, 1.82) is 0 Å². The van der Waals surface area contributed by atoms with Gasteiger partial charge in [-0.2, -0.15) is 5.10 Å². The van der Waals surface area contributed by atoms with Gasteiger partial charge in [0.1, 0.15) is 11.3 Å². The number of carbonyl (C=O) groups is 2. The van der Waals surface area contributed by atoms with Crippen LogP contribution in [-0.4, -0.2) is 36.5 Å². The molecule has 0 bridgehead atoms. The number of benzene rings is 1. The molecule has 0 fully saturated rings. The normalized spacial score (nSPS) is 14.7. The van der Waals surface area contributed by atoms with Gasteiger partial charge in [-0.3, -0.25) is 9.59 Å². The molecule has 0 unspecified atom stereocenters. The topological polar surface area (TPSA) is 88.0 Å². The van der Waals surface area contributed by atoms with Gasteiger partial charge < -0.3 is 13.7 Å². The van der Waals surface area contributed by atoms with Crippen LogP contribution in [0.15, 0.2) is 32.3 Å². The zero-order valence-electron chi connectivity index (χ0n) is 18.6. The van der Waals surface area contributed by atoms with E-state index in [-0.39, 0.29) is 18.2 Å². The minimum Gasteiger partial charge on any atom is -0.464 e. The van der Waals surface area contributed by atoms with Crippen molar-refractivity contribution in [3.8, 4) is 0 Å². The van der Waals surface area contributed by atoms with Crippen LogP contribution in [-0.2, 0) is 17.6 Å². The van der Waals surface area contributed by atoms with Crippen LogP contribution in [0.4, 0.5) is 0 Å². The molecule has 0 saturated carbocycles. The maximum absolute atomic E-state index is 12.6. The van der Waals surface area contributed by atoms with Crippen molar-refractivity contribution in [2.45, 2.75) is 46.5 Å². The molecule has 2 aromatic heterocycles. The summed E-state index contributed by atoms with van der Waals surface area (Å²) in [6.45, 7) is 5.91. The van der Waals surface area contributed by atoms with E-state index in [2.05, 4.69) is 10.5 Å². The molecule has 1 N–H and O–H groups in total. The predicted octanol–water partition coefficient (Wildman–Crippen LogP) is 4.05. The highest BCUT2D eigenvalue weighted by Crippen LogP contribution is 2.30. The van der Waals surface area contributed by atoms with E-state index in [4.69, 9.17) is 8.83 Å². The second-order valence-corrected chi connectivity index (χ2v) is 8.32. The van der Waals surface area contributed by atoms with E-state index in [1.54, 1.807) is 20.4 Å². The van der Waals surface area contributed by atoms with Crippen LogP contribution in [0.25, 0.3) is 11.0 Å². The van der Waals surface area contributed by atoms with Crippen molar-refractivity contribution in [3.05, 3.63) is 57.7 Å². The number of furan rings is 2. The van der Waals surface area contributed by atoms with Gasteiger partial charge in [0.2, 0.25) is 5.91 Å². The molecule has 0 radical (unpaired) electrons. The molecule has 162 valence electrons. The molecule has 7 nitrogen and oxygen atoms in total. The van der Waals surface area contributed by atoms with E-state index >= 15 is 0 Å². The predicted molar refractivity (Wildman–Crippen MR) is 118 cm³/mol. The Morgan fingerprint density at radius 2 is 1.90 bits per heavy atom. The van der Waals surface area contributed by atoms with Crippen LogP contribution >= 0.6 is 0 Å². The summed E-state index contributed by atoms with van der Waals surface area (Å²) in [5.74, 6) is 0.707. The Bertz CT molecular complexity index is 1210. The van der Waals surface area contributed by atoms with Crippen LogP contribution in [0.3, 0.4) is 0 Å². The van der Waals surface area contributed by atoms with Gasteiger partial charge in [0.25, 0.3) is 5.91 Å². The first-order chi connectivity index (χ1) is 14.8. The van der Waals surface area contributed by atoms with Crippen molar-refractivity contribution >= 4 is 28.5 Å². The smallest absolute Gasteiger partial charge is 0.289 e. The lowest BCUT2D eigenvalue weighted by Gasteiger charge is -2.13. The number of hydrazone groups is 1. The van der Waals surface area contributed by atoms with E-state index in [0.29, 0.717) is 5.76 Å². The fourth-order valence-corrected chi connectivity index (χ4v) is 4.05. The van der Waals surface area contributed by atoms with Crippen molar-refractivity contribution in [2.24, 2.45) is 5.10 Å². The first-order valence-electron chi connectivity index (χ1n) is 10.4. The number of amides is 2. The molecule has 3 aromatic rings. The summed E-state index contributed by atoms with van der Waals surface area (Å²) in [5, 5.41) is 5.34. The third-order valence-corrected chi connectivity index (χ3v) is 5.93. The van der Waals surface area contributed by atoms with Crippen LogP contribution in [0, 0.1) is 20.8 Å². The van der Waals surface area contributed by atoms with Crippen molar-refractivity contribution in [1.82, 2.24) is 10.3 Å². The Kier molecular flexibility index (Phi) is 5.43. The van der Waals surface area contributed by atoms with Crippen molar-refractivity contribution in [3.63, 3.8) is 0 Å². The maximum atomic E-state index is 12.6. The number of hydrogen-bond acceptors (Lipinski definition) is 5. The molecule has 31 heavy (non-hydrogen) atoms. The molecule has 0 saturated heterocycles. The Morgan fingerprint density at radius 3 is 2.65 bits per heavy atom. The van der Waals surface area contributed by atoms with Gasteiger partial charge in [0.05, 0.1) is 18.4 Å². The highest BCUT2D eigenvalue weighted by atomic mass is 16.4. The summed E-state index contributed by atoms with van der Waals surface area (Å²) < 4.78 is 11.6. The lowest BCUT2D eigenvalue weighted by molar-refractivity contribution is -0.120. The summed E-state index contributed by atoms with van der Waals surface area (Å²) in [5.41, 5.74) is 8.93. The highest BCUT2D eigenvalue weighted by Gasteiger charge is 2.28. The maximum Gasteiger partial charge on any atom is 0.289 e. The summed E-state index contributed by atoms with van der Waals surface area (Å²) >= 11 is 0. The third kappa shape index (κ3) is 3.76. The van der Waals surface area contributed by atoms with E-state index in [9.17, 15) is 9.59 Å². The fraction of sp³-hybridized carbons (Fsp3) is 0.375. The third-order valence-electron chi connectivity index (χ3n) is 5.93. The molecule has 1 aliphatic rings. The molecule has 2 amide bonds. The Morgan fingerprint density at radius 1 is 1.13 bits per heavy atom. The molecular formula is C24H27N3O4. The monoisotopic (exact) mass is 421 g/mol. The zero-order chi connectivity index (χ0) is 22.3. The van der Waals surface area contributed by atoms with Crippen LogP contribution in [0.5, 0.6) is 0 Å². The minimum absolute atomic E-state index is 0.173. The Labute approximate surface area is 181 Å². The number of hydrogen-bond donors (Lipinski definition) is 1. The minimum atomic E-state index is -0.216. The fourth-order valence-electron chi connectivity index (χ4n) is 4.05. The number of carbonyl (C=O) groups excluding carboxylic acids is 2. The first-order valence-corrected chi connectivity index (χ1v) is 10.4. The number of nitrogens with zero attached hydrogens (tertiary/aromatic N) is 2. The molecule has 7 heteroatoms. The summed E-state index contributed by atoms with van der Waals surface area (Å²) in [4.78, 5) is 26.5. The molecule has 4 rings (SSSR count). The van der Waals surface area contributed by atoms with E-state index in [1.165, 1.54) is 4.90 Å². The zero-order valence-corrected chi connectivity index (χ0v) is 18.6. The number of aryl methyl sites for hydroxylation is 3. The standard InChI is InChI=1S/C24H27N3O4/c1-13-9-10-17-16(12-30-22(17)14(13)2)11-20(28)26-25-18-7-6-8-19-21(18)15(3)23(31-19)24(29)27(4)5/h9-10,12H,6-8,11H2,1-5H3,(H,26,28)/b25-18+. The van der Waals surface area contributed by atoms with Gasteiger partial charge in [-0.1, -0.05) is 12.1 Å². The largest absolute Gasteiger partial charge is 0.464 e. The number of nitrogens with one attached hydrogen (secondary N) is 1. The number of fused-ring (bicyclic) bond motifs is 2. The van der Waals surface area contributed by atoms with Gasteiger partial charge in [-0.25, -0.2) is 5.43 Å². The SMILES string of the molecule is Cc1ccc2c(CC(=O)N/N=C3\CCCc4oc(C(=O)N(C)C)c(C)c43)coc2c1C. The molecule has 0 spiro atoms. The van der Waals surface area contributed by atoms with Gasteiger partial charge in [-0.15, -0.1) is 0 Å². The van der Waals surface area contributed by atoms with E-state index in [0.717, 1.165) is 69.5 Å². The van der Waals surface area contributed by atoms with Gasteiger partial charge in [0, 0.05) is 42.6 Å². The van der Waals surface area contributed by atoms with Crippen molar-refractivity contribution in [2.75, 3.05) is 14.1 Å². The lowest BCUT2D eigenvalue weighted by atomic mass is 9.93. The lowest BCUT2D eigenvalue weighted by Crippen LogP contribution is -2.24. The van der Waals surface area contributed by atoms with Crippen molar-refractivity contribution < 1.29 is 18.4 Å². The average molecular weight is 421 g/mol. The summed E-state index contributed by atoms with van der Waals surface area (Å²) in [6, 6.07) is 4.02. The molecule has 0 atom stereocenters. The van der Waals surface area contributed by atoms with Crippen LogP contribution in [0.1, 0.15) is 57.0 Å². The van der Waals surface area contributed by atoms with Crippen LogP contribution < -0.4 is 5.43 Å². The van der Waals surface area contributed by atoms with Crippen LogP contribution in [0.2, 0.25) is 0 Å². The number of rotatable bonds is 4. The Balaban J connectivity index is 1.54. The van der Waals surface area contributed by atoms with E-state index < -0.39 is 0 Å².